The predicted molar refractivity (Wildman–Crippen MR) is 80.4 cm³/mol. The Morgan fingerprint density at radius 2 is 1.75 bits per heavy atom. The van der Waals surface area contributed by atoms with Gasteiger partial charge in [-0.1, -0.05) is 0 Å². The van der Waals surface area contributed by atoms with Gasteiger partial charge in [-0.3, -0.25) is 14.5 Å². The highest BCUT2D eigenvalue weighted by Gasteiger charge is 2.18. The van der Waals surface area contributed by atoms with Gasteiger partial charge in [-0.05, 0) is 47.1 Å². The van der Waals surface area contributed by atoms with Gasteiger partial charge in [-0.15, -0.1) is 0 Å². The van der Waals surface area contributed by atoms with Gasteiger partial charge in [0.25, 0.3) is 0 Å². The lowest BCUT2D eigenvalue weighted by atomic mass is 10.1. The summed E-state index contributed by atoms with van der Waals surface area (Å²) in [6, 6.07) is 0. The second kappa shape index (κ2) is 7.62. The molecule has 1 rings (SSSR count). The van der Waals surface area contributed by atoms with Gasteiger partial charge in [0.2, 0.25) is 11.8 Å². The number of carbonyl (C=O) groups excluding carboxylic acids is 2. The standard InChI is InChI=1S/C15H29N3O2/c1-15(2,3)16-13(19)12-17(4)11-8-14(20)18-9-6-5-7-10-18/h5-12H2,1-4H3,(H,16,19). The van der Waals surface area contributed by atoms with Gasteiger partial charge in [0.1, 0.15) is 0 Å². The van der Waals surface area contributed by atoms with Crippen LogP contribution in [0.2, 0.25) is 0 Å². The van der Waals surface area contributed by atoms with Crippen molar-refractivity contribution in [2.24, 2.45) is 0 Å². The lowest BCUT2D eigenvalue weighted by molar-refractivity contribution is -0.133. The lowest BCUT2D eigenvalue weighted by Crippen LogP contribution is -2.45. The van der Waals surface area contributed by atoms with Gasteiger partial charge in [-0.25, -0.2) is 0 Å². The van der Waals surface area contributed by atoms with Crippen molar-refractivity contribution < 1.29 is 9.59 Å². The second-order valence-corrected chi connectivity index (χ2v) is 6.73. The molecule has 1 aliphatic heterocycles. The smallest absolute Gasteiger partial charge is 0.234 e. The maximum atomic E-state index is 12.0. The first-order chi connectivity index (χ1) is 9.28. The Balaban J connectivity index is 2.23. The van der Waals surface area contributed by atoms with Gasteiger partial charge in [0, 0.05) is 31.6 Å². The van der Waals surface area contributed by atoms with Crippen molar-refractivity contribution in [1.82, 2.24) is 15.1 Å². The minimum atomic E-state index is -0.207. The van der Waals surface area contributed by atoms with Gasteiger partial charge in [-0.2, -0.15) is 0 Å². The van der Waals surface area contributed by atoms with Crippen LogP contribution in [0.25, 0.3) is 0 Å². The molecule has 0 aromatic carbocycles. The molecule has 0 unspecified atom stereocenters. The second-order valence-electron chi connectivity index (χ2n) is 6.73. The maximum Gasteiger partial charge on any atom is 0.234 e. The summed E-state index contributed by atoms with van der Waals surface area (Å²) >= 11 is 0. The summed E-state index contributed by atoms with van der Waals surface area (Å²) in [7, 11) is 1.88. The fraction of sp³-hybridized carbons (Fsp3) is 0.867. The first kappa shape index (κ1) is 17.0. The molecule has 0 spiro atoms. The highest BCUT2D eigenvalue weighted by molar-refractivity contribution is 5.79. The molecule has 116 valence electrons. The summed E-state index contributed by atoms with van der Waals surface area (Å²) in [6.45, 7) is 8.65. The summed E-state index contributed by atoms with van der Waals surface area (Å²) in [6.07, 6.45) is 3.97. The van der Waals surface area contributed by atoms with E-state index >= 15 is 0 Å². The van der Waals surface area contributed by atoms with Crippen molar-refractivity contribution in [3.05, 3.63) is 0 Å². The lowest BCUT2D eigenvalue weighted by Gasteiger charge is -2.28. The zero-order chi connectivity index (χ0) is 15.2. The first-order valence-electron chi connectivity index (χ1n) is 7.55. The van der Waals surface area contributed by atoms with E-state index in [0.717, 1.165) is 25.9 Å². The van der Waals surface area contributed by atoms with Crippen LogP contribution in [0.5, 0.6) is 0 Å². The third-order valence-electron chi connectivity index (χ3n) is 3.34. The molecule has 0 aromatic rings. The average molecular weight is 283 g/mol. The SMILES string of the molecule is CN(CCC(=O)N1CCCCC1)CC(=O)NC(C)(C)C. The van der Waals surface area contributed by atoms with E-state index in [1.807, 2.05) is 37.6 Å². The number of nitrogens with zero attached hydrogens (tertiary/aromatic N) is 2. The molecule has 0 radical (unpaired) electrons. The molecule has 0 aliphatic carbocycles. The topological polar surface area (TPSA) is 52.7 Å². The van der Waals surface area contributed by atoms with Crippen molar-refractivity contribution in [3.63, 3.8) is 0 Å². The highest BCUT2D eigenvalue weighted by atomic mass is 16.2. The molecule has 5 heteroatoms. The zero-order valence-corrected chi connectivity index (χ0v) is 13.4. The Morgan fingerprint density at radius 1 is 1.15 bits per heavy atom. The number of likely N-dealkylation sites (N-methyl/N-ethyl adjacent to an activating group) is 1. The number of hydrogen-bond donors (Lipinski definition) is 1. The average Bonchev–Trinajstić information content (AvgIpc) is 2.34. The molecule has 1 aliphatic rings. The van der Waals surface area contributed by atoms with E-state index in [4.69, 9.17) is 0 Å². The molecule has 5 nitrogen and oxygen atoms in total. The Hall–Kier alpha value is -1.10. The monoisotopic (exact) mass is 283 g/mol. The molecule has 1 fully saturated rings. The minimum absolute atomic E-state index is 0.00502. The number of carbonyl (C=O) groups is 2. The number of amides is 2. The van der Waals surface area contributed by atoms with E-state index in [0.29, 0.717) is 19.5 Å². The Kier molecular flexibility index (Phi) is 6.46. The largest absolute Gasteiger partial charge is 0.350 e. The highest BCUT2D eigenvalue weighted by Crippen LogP contribution is 2.10. The van der Waals surface area contributed by atoms with Crippen molar-refractivity contribution in [2.75, 3.05) is 33.2 Å². The zero-order valence-electron chi connectivity index (χ0n) is 13.4. The third-order valence-corrected chi connectivity index (χ3v) is 3.34. The fourth-order valence-electron chi connectivity index (χ4n) is 2.37. The third kappa shape index (κ3) is 6.89. The summed E-state index contributed by atoms with van der Waals surface area (Å²) in [5.74, 6) is 0.221. The van der Waals surface area contributed by atoms with Crippen molar-refractivity contribution in [3.8, 4) is 0 Å². The van der Waals surface area contributed by atoms with Crippen LogP contribution < -0.4 is 5.32 Å². The van der Waals surface area contributed by atoms with Gasteiger partial charge >= 0.3 is 0 Å². The quantitative estimate of drug-likeness (QED) is 0.826. The Labute approximate surface area is 122 Å². The number of likely N-dealkylation sites (tertiary alicyclic amines) is 1. The van der Waals surface area contributed by atoms with Crippen LogP contribution in [-0.2, 0) is 9.59 Å². The molecule has 1 heterocycles. The summed E-state index contributed by atoms with van der Waals surface area (Å²) < 4.78 is 0. The van der Waals surface area contributed by atoms with Crippen LogP contribution in [0.15, 0.2) is 0 Å². The molecule has 0 aromatic heterocycles. The minimum Gasteiger partial charge on any atom is -0.350 e. The van der Waals surface area contributed by atoms with E-state index in [2.05, 4.69) is 5.32 Å². The van der Waals surface area contributed by atoms with Crippen molar-refractivity contribution in [2.45, 2.75) is 52.0 Å². The molecule has 1 N–H and O–H groups in total. The van der Waals surface area contributed by atoms with E-state index in [1.54, 1.807) is 0 Å². The molecule has 1 saturated heterocycles. The molecular formula is C15H29N3O2. The molecule has 20 heavy (non-hydrogen) atoms. The number of hydrogen-bond acceptors (Lipinski definition) is 3. The van der Waals surface area contributed by atoms with Gasteiger partial charge in [0.05, 0.1) is 6.54 Å². The van der Waals surface area contributed by atoms with E-state index in [9.17, 15) is 9.59 Å². The van der Waals surface area contributed by atoms with Crippen LogP contribution in [0.3, 0.4) is 0 Å². The van der Waals surface area contributed by atoms with Crippen LogP contribution in [0.1, 0.15) is 46.5 Å². The molecule has 0 bridgehead atoms. The van der Waals surface area contributed by atoms with Gasteiger partial charge < -0.3 is 10.2 Å². The maximum absolute atomic E-state index is 12.0. The van der Waals surface area contributed by atoms with Crippen molar-refractivity contribution >= 4 is 11.8 Å². The molecule has 0 atom stereocenters. The molecule has 2 amide bonds. The number of piperidine rings is 1. The van der Waals surface area contributed by atoms with E-state index < -0.39 is 0 Å². The Morgan fingerprint density at radius 3 is 2.30 bits per heavy atom. The predicted octanol–water partition coefficient (Wildman–Crippen LogP) is 1.24. The normalized spacial score (nSPS) is 16.4. The van der Waals surface area contributed by atoms with E-state index in [1.165, 1.54) is 6.42 Å². The molecule has 0 saturated carbocycles. The van der Waals surface area contributed by atoms with Crippen LogP contribution in [0, 0.1) is 0 Å². The number of nitrogens with one attached hydrogen (secondary N) is 1. The van der Waals surface area contributed by atoms with Gasteiger partial charge in [0.15, 0.2) is 0 Å². The fourth-order valence-corrected chi connectivity index (χ4v) is 2.37. The molecular weight excluding hydrogens is 254 g/mol. The summed E-state index contributed by atoms with van der Waals surface area (Å²) in [4.78, 5) is 27.6. The van der Waals surface area contributed by atoms with Crippen LogP contribution in [-0.4, -0.2) is 60.4 Å². The van der Waals surface area contributed by atoms with E-state index in [-0.39, 0.29) is 17.4 Å². The van der Waals surface area contributed by atoms with Crippen LogP contribution in [0.4, 0.5) is 0 Å². The summed E-state index contributed by atoms with van der Waals surface area (Å²) in [5, 5.41) is 2.93. The first-order valence-corrected chi connectivity index (χ1v) is 7.55. The summed E-state index contributed by atoms with van der Waals surface area (Å²) in [5.41, 5.74) is -0.207. The Bertz CT molecular complexity index is 331. The van der Waals surface area contributed by atoms with Crippen LogP contribution >= 0.6 is 0 Å². The van der Waals surface area contributed by atoms with Crippen molar-refractivity contribution in [1.29, 1.82) is 0 Å². The number of rotatable bonds is 5.